The number of carbonyl (C=O) groups excluding carboxylic acids is 2. The number of rotatable bonds is 1. The topological polar surface area (TPSA) is 72.8 Å². The van der Waals surface area contributed by atoms with Gasteiger partial charge in [0.1, 0.15) is 6.10 Å². The predicted octanol–water partition coefficient (Wildman–Crippen LogP) is 2.33. The summed E-state index contributed by atoms with van der Waals surface area (Å²) in [6.07, 6.45) is 2.48. The Labute approximate surface area is 130 Å². The van der Waals surface area contributed by atoms with Gasteiger partial charge in [0.15, 0.2) is 0 Å². The Morgan fingerprint density at radius 3 is 2.73 bits per heavy atom. The smallest absolute Gasteiger partial charge is 0.336 e. The van der Waals surface area contributed by atoms with Crippen LogP contribution in [0.25, 0.3) is 0 Å². The van der Waals surface area contributed by atoms with Crippen LogP contribution in [-0.4, -0.2) is 28.9 Å². The van der Waals surface area contributed by atoms with Crippen LogP contribution in [0.1, 0.15) is 53.4 Å². The van der Waals surface area contributed by atoms with Crippen LogP contribution in [0.4, 0.5) is 0 Å². The van der Waals surface area contributed by atoms with Gasteiger partial charge >= 0.3 is 11.9 Å². The maximum absolute atomic E-state index is 11.9. The summed E-state index contributed by atoms with van der Waals surface area (Å²) in [5, 5.41) is 10.8. The molecule has 1 aliphatic heterocycles. The van der Waals surface area contributed by atoms with Crippen LogP contribution in [0.5, 0.6) is 0 Å². The van der Waals surface area contributed by atoms with Crippen molar-refractivity contribution < 1.29 is 24.2 Å². The van der Waals surface area contributed by atoms with Crippen LogP contribution in [0.2, 0.25) is 0 Å². The van der Waals surface area contributed by atoms with Gasteiger partial charge in [0.25, 0.3) is 0 Å². The number of aliphatic hydroxyl groups is 1. The van der Waals surface area contributed by atoms with E-state index < -0.39 is 11.8 Å². The number of hydrogen-bond donors (Lipinski definition) is 1. The molecule has 3 rings (SSSR count). The largest absolute Gasteiger partial charge is 0.462 e. The lowest BCUT2D eigenvalue weighted by Crippen LogP contribution is -2.55. The highest BCUT2D eigenvalue weighted by Crippen LogP contribution is 2.59. The SMILES string of the molecule is CC(=O)OC1CCC(C)C2(C)CC3=C(C)C(=O)OC3(O)CC12. The molecule has 5 nitrogen and oxygen atoms in total. The number of ether oxygens (including phenoxy) is 2. The fourth-order valence-corrected chi connectivity index (χ4v) is 4.58. The number of esters is 2. The number of hydrogen-bond acceptors (Lipinski definition) is 5. The van der Waals surface area contributed by atoms with Crippen LogP contribution in [0.3, 0.4) is 0 Å². The molecule has 0 saturated heterocycles. The molecule has 0 aromatic rings. The zero-order valence-electron chi connectivity index (χ0n) is 13.6. The fraction of sp³-hybridized carbons (Fsp3) is 0.765. The van der Waals surface area contributed by atoms with Gasteiger partial charge in [0.05, 0.1) is 0 Å². The zero-order chi connectivity index (χ0) is 16.3. The summed E-state index contributed by atoms with van der Waals surface area (Å²) < 4.78 is 10.8. The third-order valence-electron chi connectivity index (χ3n) is 6.17. The van der Waals surface area contributed by atoms with Crippen LogP contribution in [-0.2, 0) is 19.1 Å². The molecule has 0 bridgehead atoms. The highest BCUT2D eigenvalue weighted by Gasteiger charge is 2.60. The van der Waals surface area contributed by atoms with Crippen molar-refractivity contribution in [3.63, 3.8) is 0 Å². The van der Waals surface area contributed by atoms with Crippen molar-refractivity contribution in [1.82, 2.24) is 0 Å². The van der Waals surface area contributed by atoms with E-state index >= 15 is 0 Å². The van der Waals surface area contributed by atoms with E-state index in [1.54, 1.807) is 6.92 Å². The van der Waals surface area contributed by atoms with Crippen molar-refractivity contribution in [2.45, 2.75) is 65.3 Å². The third-order valence-corrected chi connectivity index (χ3v) is 6.17. The molecular weight excluding hydrogens is 284 g/mol. The maximum Gasteiger partial charge on any atom is 0.336 e. The minimum atomic E-state index is -1.51. The average molecular weight is 308 g/mol. The Morgan fingerprint density at radius 2 is 2.09 bits per heavy atom. The van der Waals surface area contributed by atoms with Crippen molar-refractivity contribution in [2.24, 2.45) is 17.3 Å². The minimum absolute atomic E-state index is 0.00685. The molecule has 1 N–H and O–H groups in total. The van der Waals surface area contributed by atoms with E-state index in [0.29, 0.717) is 29.9 Å². The minimum Gasteiger partial charge on any atom is -0.462 e. The van der Waals surface area contributed by atoms with E-state index in [-0.39, 0.29) is 23.4 Å². The normalized spacial score (nSPS) is 44.2. The van der Waals surface area contributed by atoms with Crippen molar-refractivity contribution in [1.29, 1.82) is 0 Å². The Kier molecular flexibility index (Phi) is 3.40. The highest BCUT2D eigenvalue weighted by molar-refractivity contribution is 5.92. The molecule has 0 aromatic heterocycles. The van der Waals surface area contributed by atoms with E-state index in [1.807, 2.05) is 0 Å². The van der Waals surface area contributed by atoms with E-state index in [9.17, 15) is 14.7 Å². The van der Waals surface area contributed by atoms with Gasteiger partial charge in [-0.1, -0.05) is 13.8 Å². The van der Waals surface area contributed by atoms with Gasteiger partial charge in [-0.25, -0.2) is 4.79 Å². The van der Waals surface area contributed by atoms with Gasteiger partial charge in [-0.3, -0.25) is 4.79 Å². The monoisotopic (exact) mass is 308 g/mol. The molecule has 3 aliphatic rings. The maximum atomic E-state index is 11.9. The molecule has 0 aromatic carbocycles. The third kappa shape index (κ3) is 2.09. The molecular formula is C17H24O5. The van der Waals surface area contributed by atoms with E-state index in [2.05, 4.69) is 13.8 Å². The molecule has 5 atom stereocenters. The van der Waals surface area contributed by atoms with Crippen LogP contribution in [0, 0.1) is 17.3 Å². The lowest BCUT2D eigenvalue weighted by Gasteiger charge is -2.55. The van der Waals surface area contributed by atoms with E-state index in [4.69, 9.17) is 9.47 Å². The molecule has 22 heavy (non-hydrogen) atoms. The summed E-state index contributed by atoms with van der Waals surface area (Å²) in [7, 11) is 0. The first-order valence-electron chi connectivity index (χ1n) is 8.00. The van der Waals surface area contributed by atoms with Crippen LogP contribution >= 0.6 is 0 Å². The summed E-state index contributed by atoms with van der Waals surface area (Å²) in [5.74, 6) is -1.82. The van der Waals surface area contributed by atoms with Crippen molar-refractivity contribution in [3.8, 4) is 0 Å². The first-order chi connectivity index (χ1) is 10.2. The zero-order valence-corrected chi connectivity index (χ0v) is 13.6. The first-order valence-corrected chi connectivity index (χ1v) is 8.00. The Morgan fingerprint density at radius 1 is 1.41 bits per heavy atom. The number of carbonyl (C=O) groups is 2. The summed E-state index contributed by atoms with van der Waals surface area (Å²) in [6.45, 7) is 7.52. The lowest BCUT2D eigenvalue weighted by atomic mass is 9.53. The fourth-order valence-electron chi connectivity index (χ4n) is 4.58. The second kappa shape index (κ2) is 4.82. The molecule has 2 fully saturated rings. The summed E-state index contributed by atoms with van der Waals surface area (Å²) in [4.78, 5) is 23.3. The van der Waals surface area contributed by atoms with Crippen LogP contribution < -0.4 is 0 Å². The molecule has 5 heteroatoms. The van der Waals surface area contributed by atoms with Gasteiger partial charge < -0.3 is 14.6 Å². The predicted molar refractivity (Wildman–Crippen MR) is 78.5 cm³/mol. The molecule has 2 aliphatic carbocycles. The Balaban J connectivity index is 1.99. The van der Waals surface area contributed by atoms with Crippen molar-refractivity contribution in [2.75, 3.05) is 0 Å². The number of fused-ring (bicyclic) bond motifs is 2. The van der Waals surface area contributed by atoms with Crippen LogP contribution in [0.15, 0.2) is 11.1 Å². The average Bonchev–Trinajstić information content (AvgIpc) is 2.63. The van der Waals surface area contributed by atoms with E-state index in [0.717, 1.165) is 12.8 Å². The standard InChI is InChI=1S/C17H24O5/c1-9-5-6-14(21-11(3)18)13-8-17(20)12(7-16(9,13)4)10(2)15(19)22-17/h9,13-14,20H,5-8H2,1-4H3. The molecule has 2 saturated carbocycles. The molecule has 0 radical (unpaired) electrons. The van der Waals surface area contributed by atoms with E-state index in [1.165, 1.54) is 6.92 Å². The molecule has 122 valence electrons. The summed E-state index contributed by atoms with van der Waals surface area (Å²) in [5.41, 5.74) is 1.14. The Bertz CT molecular complexity index is 565. The summed E-state index contributed by atoms with van der Waals surface area (Å²) >= 11 is 0. The van der Waals surface area contributed by atoms with Gasteiger partial charge in [-0.05, 0) is 37.5 Å². The van der Waals surface area contributed by atoms with Gasteiger partial charge in [0.2, 0.25) is 5.79 Å². The molecule has 0 amide bonds. The Hall–Kier alpha value is -1.36. The lowest BCUT2D eigenvalue weighted by molar-refractivity contribution is -0.218. The van der Waals surface area contributed by atoms with Crippen molar-refractivity contribution >= 4 is 11.9 Å². The second-order valence-corrected chi connectivity index (χ2v) is 7.40. The van der Waals surface area contributed by atoms with Crippen molar-refractivity contribution in [3.05, 3.63) is 11.1 Å². The molecule has 1 heterocycles. The second-order valence-electron chi connectivity index (χ2n) is 7.40. The van der Waals surface area contributed by atoms with Gasteiger partial charge in [-0.2, -0.15) is 0 Å². The molecule has 5 unspecified atom stereocenters. The highest BCUT2D eigenvalue weighted by atomic mass is 16.7. The quantitative estimate of drug-likeness (QED) is 0.753. The summed E-state index contributed by atoms with van der Waals surface area (Å²) in [6, 6.07) is 0. The van der Waals surface area contributed by atoms with Gasteiger partial charge in [0, 0.05) is 30.4 Å². The first kappa shape index (κ1) is 15.5. The van der Waals surface area contributed by atoms with Gasteiger partial charge in [-0.15, -0.1) is 0 Å². The molecule has 0 spiro atoms.